The molecule has 4 nitrogen and oxygen atoms in total. The standard InChI is InChI=1S/C14H15BrN2O2/c1-3-12(18)17-11(8-16)9-6-4-5-7-10(9)13(15)14(17)19-2/h4-7,11,13-14H,3H2,1-2H3. The number of halogens is 1. The monoisotopic (exact) mass is 322 g/mol. The van der Waals surface area contributed by atoms with Gasteiger partial charge in [0.2, 0.25) is 5.91 Å². The Morgan fingerprint density at radius 2 is 2.11 bits per heavy atom. The Morgan fingerprint density at radius 1 is 1.47 bits per heavy atom. The van der Waals surface area contributed by atoms with Crippen molar-refractivity contribution in [3.63, 3.8) is 0 Å². The van der Waals surface area contributed by atoms with Gasteiger partial charge in [0.1, 0.15) is 12.3 Å². The molecule has 100 valence electrons. The number of carbonyl (C=O) groups is 1. The van der Waals surface area contributed by atoms with Crippen molar-refractivity contribution in [3.05, 3.63) is 35.4 Å². The number of rotatable bonds is 2. The molecule has 0 saturated carbocycles. The number of amides is 1. The van der Waals surface area contributed by atoms with Crippen molar-refractivity contribution in [2.75, 3.05) is 7.11 Å². The molecule has 1 aromatic rings. The average Bonchev–Trinajstić information content (AvgIpc) is 2.46. The third-order valence-electron chi connectivity index (χ3n) is 3.34. The first-order chi connectivity index (χ1) is 9.15. The second kappa shape index (κ2) is 5.72. The van der Waals surface area contributed by atoms with E-state index >= 15 is 0 Å². The Kier molecular flexibility index (Phi) is 4.23. The molecule has 1 aromatic carbocycles. The number of fused-ring (bicyclic) bond motifs is 1. The van der Waals surface area contributed by atoms with E-state index < -0.39 is 12.3 Å². The van der Waals surface area contributed by atoms with Crippen LogP contribution in [0, 0.1) is 11.3 Å². The predicted molar refractivity (Wildman–Crippen MR) is 74.4 cm³/mol. The number of carbonyl (C=O) groups excluding carboxylic acids is 1. The van der Waals surface area contributed by atoms with Crippen molar-refractivity contribution in [2.45, 2.75) is 30.4 Å². The lowest BCUT2D eigenvalue weighted by molar-refractivity contribution is -0.148. The summed E-state index contributed by atoms with van der Waals surface area (Å²) in [6.45, 7) is 1.78. The lowest BCUT2D eigenvalue weighted by Crippen LogP contribution is -2.48. The topological polar surface area (TPSA) is 53.3 Å². The van der Waals surface area contributed by atoms with Crippen molar-refractivity contribution < 1.29 is 9.53 Å². The number of hydrogen-bond acceptors (Lipinski definition) is 3. The van der Waals surface area contributed by atoms with E-state index in [2.05, 4.69) is 22.0 Å². The Hall–Kier alpha value is -1.38. The Labute approximate surface area is 121 Å². The van der Waals surface area contributed by atoms with E-state index in [1.807, 2.05) is 24.3 Å². The van der Waals surface area contributed by atoms with Gasteiger partial charge in [-0.2, -0.15) is 5.26 Å². The van der Waals surface area contributed by atoms with E-state index in [-0.39, 0.29) is 10.7 Å². The fourth-order valence-electron chi connectivity index (χ4n) is 2.44. The molecule has 0 fully saturated rings. The Morgan fingerprint density at radius 3 is 2.63 bits per heavy atom. The lowest BCUT2D eigenvalue weighted by atomic mass is 9.92. The first-order valence-corrected chi connectivity index (χ1v) is 7.03. The Bertz CT molecular complexity index is 526. The molecule has 2 rings (SSSR count). The number of ether oxygens (including phenoxy) is 1. The maximum Gasteiger partial charge on any atom is 0.225 e. The molecule has 1 aliphatic rings. The predicted octanol–water partition coefficient (Wildman–Crippen LogP) is 2.91. The molecule has 0 saturated heterocycles. The fraction of sp³-hybridized carbons (Fsp3) is 0.429. The number of alkyl halides is 1. The molecule has 0 N–H and O–H groups in total. The third-order valence-corrected chi connectivity index (χ3v) is 4.29. The summed E-state index contributed by atoms with van der Waals surface area (Å²) in [5, 5.41) is 9.44. The van der Waals surface area contributed by atoms with E-state index in [1.165, 1.54) is 4.90 Å². The SMILES string of the molecule is CCC(=O)N1C(C#N)c2ccccc2C(Br)C1OC. The minimum Gasteiger partial charge on any atom is -0.360 e. The highest BCUT2D eigenvalue weighted by atomic mass is 79.9. The second-order valence-electron chi connectivity index (χ2n) is 4.34. The summed E-state index contributed by atoms with van der Waals surface area (Å²) >= 11 is 3.58. The summed E-state index contributed by atoms with van der Waals surface area (Å²) in [4.78, 5) is 13.5. The molecule has 19 heavy (non-hydrogen) atoms. The van der Waals surface area contributed by atoms with Crippen molar-refractivity contribution in [1.29, 1.82) is 5.26 Å². The van der Waals surface area contributed by atoms with E-state index in [0.29, 0.717) is 6.42 Å². The molecule has 1 amide bonds. The third kappa shape index (κ3) is 2.26. The van der Waals surface area contributed by atoms with Gasteiger partial charge in [0.15, 0.2) is 0 Å². The van der Waals surface area contributed by atoms with E-state index in [1.54, 1.807) is 14.0 Å². The zero-order chi connectivity index (χ0) is 14.0. The maximum atomic E-state index is 12.1. The maximum absolute atomic E-state index is 12.1. The van der Waals surface area contributed by atoms with Crippen LogP contribution in [-0.2, 0) is 9.53 Å². The summed E-state index contributed by atoms with van der Waals surface area (Å²) in [5.41, 5.74) is 1.86. The summed E-state index contributed by atoms with van der Waals surface area (Å²) in [7, 11) is 1.55. The molecule has 5 heteroatoms. The molecule has 0 radical (unpaired) electrons. The van der Waals surface area contributed by atoms with Gasteiger partial charge in [-0.3, -0.25) is 9.69 Å². The molecule has 0 aromatic heterocycles. The van der Waals surface area contributed by atoms with Crippen molar-refractivity contribution in [2.24, 2.45) is 0 Å². The van der Waals surface area contributed by atoms with Crippen LogP contribution < -0.4 is 0 Å². The van der Waals surface area contributed by atoms with Crippen molar-refractivity contribution in [3.8, 4) is 6.07 Å². The van der Waals surface area contributed by atoms with Gasteiger partial charge in [-0.1, -0.05) is 47.1 Å². The fourth-order valence-corrected chi connectivity index (χ4v) is 3.32. The normalized spacial score (nSPS) is 25.6. The molecule has 1 heterocycles. The number of benzene rings is 1. The van der Waals surface area contributed by atoms with Gasteiger partial charge < -0.3 is 4.74 Å². The number of nitrogens with zero attached hydrogens (tertiary/aromatic N) is 2. The van der Waals surface area contributed by atoms with Crippen LogP contribution in [0.25, 0.3) is 0 Å². The minimum atomic E-state index is -0.595. The molecular formula is C14H15BrN2O2. The molecular weight excluding hydrogens is 308 g/mol. The van der Waals surface area contributed by atoms with Gasteiger partial charge in [-0.15, -0.1) is 0 Å². The molecule has 3 unspecified atom stereocenters. The van der Waals surface area contributed by atoms with Gasteiger partial charge in [-0.05, 0) is 11.1 Å². The van der Waals surface area contributed by atoms with E-state index in [9.17, 15) is 10.1 Å². The van der Waals surface area contributed by atoms with Crippen LogP contribution >= 0.6 is 15.9 Å². The minimum absolute atomic E-state index is 0.0858. The number of nitriles is 1. The largest absolute Gasteiger partial charge is 0.360 e. The van der Waals surface area contributed by atoms with Gasteiger partial charge in [0.05, 0.1) is 10.9 Å². The van der Waals surface area contributed by atoms with Crippen LogP contribution in [0.15, 0.2) is 24.3 Å². The van der Waals surface area contributed by atoms with Gasteiger partial charge in [0.25, 0.3) is 0 Å². The average molecular weight is 323 g/mol. The second-order valence-corrected chi connectivity index (χ2v) is 5.33. The van der Waals surface area contributed by atoms with Gasteiger partial charge >= 0.3 is 0 Å². The molecule has 3 atom stereocenters. The van der Waals surface area contributed by atoms with E-state index in [4.69, 9.17) is 4.74 Å². The quantitative estimate of drug-likeness (QED) is 0.787. The molecule has 0 bridgehead atoms. The molecule has 0 aliphatic carbocycles. The Balaban J connectivity index is 2.56. The van der Waals surface area contributed by atoms with Crippen LogP contribution in [0.4, 0.5) is 0 Å². The summed E-state index contributed by atoms with van der Waals surface area (Å²) in [6.07, 6.45) is -0.119. The summed E-state index contributed by atoms with van der Waals surface area (Å²) < 4.78 is 5.44. The van der Waals surface area contributed by atoms with Crippen molar-refractivity contribution in [1.82, 2.24) is 4.90 Å². The summed E-state index contributed by atoms with van der Waals surface area (Å²) in [5.74, 6) is -0.0858. The van der Waals surface area contributed by atoms with Gasteiger partial charge in [0, 0.05) is 13.5 Å². The first kappa shape index (κ1) is 14.0. The highest BCUT2D eigenvalue weighted by Crippen LogP contribution is 2.43. The highest BCUT2D eigenvalue weighted by Gasteiger charge is 2.42. The first-order valence-electron chi connectivity index (χ1n) is 6.12. The van der Waals surface area contributed by atoms with Crippen LogP contribution in [0.1, 0.15) is 35.3 Å². The number of hydrogen-bond donors (Lipinski definition) is 0. The van der Waals surface area contributed by atoms with Crippen molar-refractivity contribution >= 4 is 21.8 Å². The summed E-state index contributed by atoms with van der Waals surface area (Å²) in [6, 6.07) is 9.27. The van der Waals surface area contributed by atoms with Crippen LogP contribution in [0.3, 0.4) is 0 Å². The van der Waals surface area contributed by atoms with Crippen LogP contribution in [0.2, 0.25) is 0 Å². The lowest BCUT2D eigenvalue weighted by Gasteiger charge is -2.42. The van der Waals surface area contributed by atoms with Gasteiger partial charge in [-0.25, -0.2) is 0 Å². The van der Waals surface area contributed by atoms with E-state index in [0.717, 1.165) is 11.1 Å². The highest BCUT2D eigenvalue weighted by molar-refractivity contribution is 9.09. The number of methoxy groups -OCH3 is 1. The van der Waals surface area contributed by atoms with Crippen LogP contribution in [0.5, 0.6) is 0 Å². The zero-order valence-corrected chi connectivity index (χ0v) is 12.4. The van der Waals surface area contributed by atoms with Crippen LogP contribution in [-0.4, -0.2) is 24.1 Å². The smallest absolute Gasteiger partial charge is 0.225 e. The molecule has 1 aliphatic heterocycles. The molecule has 0 spiro atoms. The zero-order valence-electron chi connectivity index (χ0n) is 10.8.